The minimum Gasteiger partial charge on any atom is -0.457 e. The van der Waals surface area contributed by atoms with E-state index < -0.39 is 10.0 Å². The van der Waals surface area contributed by atoms with Gasteiger partial charge in [0.05, 0.1) is 10.6 Å². The van der Waals surface area contributed by atoms with Gasteiger partial charge in [0.15, 0.2) is 5.82 Å². The van der Waals surface area contributed by atoms with Gasteiger partial charge in [-0.05, 0) is 87.0 Å². The molecule has 192 valence electrons. The van der Waals surface area contributed by atoms with Gasteiger partial charge in [0.1, 0.15) is 23.6 Å². The third-order valence-corrected chi connectivity index (χ3v) is 7.34. The van der Waals surface area contributed by atoms with Crippen molar-refractivity contribution in [3.05, 3.63) is 108 Å². The Bertz CT molecular complexity index is 1670. The summed E-state index contributed by atoms with van der Waals surface area (Å²) in [7, 11) is -3.79. The lowest BCUT2D eigenvalue weighted by atomic mass is 10.2. The molecule has 0 fully saturated rings. The number of hydrogen-bond donors (Lipinski definition) is 1. The Kier molecular flexibility index (Phi) is 6.80. The fourth-order valence-corrected chi connectivity index (χ4v) is 4.74. The van der Waals surface area contributed by atoms with Crippen molar-refractivity contribution in [1.29, 1.82) is 0 Å². The third kappa shape index (κ3) is 5.50. The van der Waals surface area contributed by atoms with E-state index in [1.165, 1.54) is 18.5 Å². The number of nitrogens with one attached hydrogen (secondary N) is 1. The van der Waals surface area contributed by atoms with E-state index >= 15 is 0 Å². The molecule has 0 aliphatic heterocycles. The number of benzene rings is 3. The molecule has 10 heteroatoms. The molecule has 0 amide bonds. The summed E-state index contributed by atoms with van der Waals surface area (Å²) >= 11 is 0. The number of aryl methyl sites for hydroxylation is 1. The van der Waals surface area contributed by atoms with Crippen LogP contribution in [0, 0.1) is 20.8 Å². The summed E-state index contributed by atoms with van der Waals surface area (Å²) in [4.78, 5) is 8.60. The van der Waals surface area contributed by atoms with Gasteiger partial charge in [0.2, 0.25) is 5.88 Å². The van der Waals surface area contributed by atoms with Gasteiger partial charge in [-0.2, -0.15) is 5.10 Å². The van der Waals surface area contributed by atoms with E-state index in [9.17, 15) is 8.42 Å². The Morgan fingerprint density at radius 2 is 1.39 bits per heavy atom. The average molecular weight is 528 g/mol. The Hall–Kier alpha value is -4.70. The number of para-hydroxylation sites is 1. The molecule has 2 heterocycles. The van der Waals surface area contributed by atoms with Gasteiger partial charge < -0.3 is 9.47 Å². The smallest absolute Gasteiger partial charge is 0.261 e. The number of rotatable bonds is 8. The fourth-order valence-electron chi connectivity index (χ4n) is 3.68. The SMILES string of the molecule is Cc1nn(-c2cc(Oc3ccc(NS(=O)(=O)c4ccc(Oc5ccccc5)cc4)cc3)ncn2)c(C)c1C. The summed E-state index contributed by atoms with van der Waals surface area (Å²) < 4.78 is 41.6. The minimum absolute atomic E-state index is 0.117. The normalized spacial score (nSPS) is 11.2. The summed E-state index contributed by atoms with van der Waals surface area (Å²) in [5.41, 5.74) is 3.41. The van der Waals surface area contributed by atoms with Crippen LogP contribution in [0.5, 0.6) is 23.1 Å². The van der Waals surface area contributed by atoms with Crippen molar-refractivity contribution in [2.75, 3.05) is 4.72 Å². The molecule has 0 bridgehead atoms. The molecule has 38 heavy (non-hydrogen) atoms. The third-order valence-electron chi connectivity index (χ3n) is 5.94. The Morgan fingerprint density at radius 3 is 2.05 bits per heavy atom. The zero-order valence-corrected chi connectivity index (χ0v) is 21.8. The van der Waals surface area contributed by atoms with E-state index in [4.69, 9.17) is 9.47 Å². The van der Waals surface area contributed by atoms with Crippen molar-refractivity contribution in [1.82, 2.24) is 19.7 Å². The Balaban J connectivity index is 1.25. The highest BCUT2D eigenvalue weighted by atomic mass is 32.2. The van der Waals surface area contributed by atoms with E-state index in [0.717, 1.165) is 17.0 Å². The molecule has 0 unspecified atom stereocenters. The molecule has 0 radical (unpaired) electrons. The predicted molar refractivity (Wildman–Crippen MR) is 144 cm³/mol. The lowest BCUT2D eigenvalue weighted by Gasteiger charge is -2.11. The first-order chi connectivity index (χ1) is 18.3. The standard InChI is InChI=1S/C28H25N5O4S/c1-19-20(2)31-33(21(19)3)27-17-28(30-18-29-27)37-25-11-9-22(10-12-25)32-38(34,35)26-15-13-24(14-16-26)36-23-7-5-4-6-8-23/h4-18,32H,1-3H3. The van der Waals surface area contributed by atoms with E-state index in [1.807, 2.05) is 51.1 Å². The first kappa shape index (κ1) is 25.0. The molecule has 0 saturated heterocycles. The monoisotopic (exact) mass is 527 g/mol. The predicted octanol–water partition coefficient (Wildman–Crippen LogP) is 5.97. The first-order valence-electron chi connectivity index (χ1n) is 11.8. The lowest BCUT2D eigenvalue weighted by Crippen LogP contribution is -2.12. The van der Waals surface area contributed by atoms with Crippen LogP contribution >= 0.6 is 0 Å². The van der Waals surface area contributed by atoms with Crippen molar-refractivity contribution >= 4 is 15.7 Å². The molecule has 9 nitrogen and oxygen atoms in total. The topological polar surface area (TPSA) is 108 Å². The minimum atomic E-state index is -3.79. The zero-order chi connectivity index (χ0) is 26.7. The second-order valence-electron chi connectivity index (χ2n) is 8.54. The van der Waals surface area contributed by atoms with Crippen molar-refractivity contribution < 1.29 is 17.9 Å². The molecular formula is C28H25N5O4S. The van der Waals surface area contributed by atoms with Crippen LogP contribution in [0.15, 0.2) is 96.2 Å². The molecule has 0 aliphatic rings. The summed E-state index contributed by atoms with van der Waals surface area (Å²) in [5, 5.41) is 4.52. The van der Waals surface area contributed by atoms with Crippen LogP contribution in [0.1, 0.15) is 17.0 Å². The van der Waals surface area contributed by atoms with Gasteiger partial charge in [-0.15, -0.1) is 0 Å². The highest BCUT2D eigenvalue weighted by Gasteiger charge is 2.15. The average Bonchev–Trinajstić information content (AvgIpc) is 3.18. The number of anilines is 1. The molecule has 0 spiro atoms. The lowest BCUT2D eigenvalue weighted by molar-refractivity contribution is 0.460. The van der Waals surface area contributed by atoms with E-state index in [2.05, 4.69) is 19.8 Å². The fraction of sp³-hybridized carbons (Fsp3) is 0.107. The summed E-state index contributed by atoms with van der Waals surface area (Å²) in [6.07, 6.45) is 1.41. The van der Waals surface area contributed by atoms with Gasteiger partial charge >= 0.3 is 0 Å². The van der Waals surface area contributed by atoms with Gasteiger partial charge in [0, 0.05) is 17.4 Å². The molecule has 5 aromatic rings. The van der Waals surface area contributed by atoms with Gasteiger partial charge in [-0.1, -0.05) is 18.2 Å². The Morgan fingerprint density at radius 1 is 0.763 bits per heavy atom. The Labute approximate surface area is 220 Å². The van der Waals surface area contributed by atoms with Crippen LogP contribution in [-0.2, 0) is 10.0 Å². The van der Waals surface area contributed by atoms with Crippen LogP contribution in [0.25, 0.3) is 5.82 Å². The van der Waals surface area contributed by atoms with Crippen molar-refractivity contribution in [2.24, 2.45) is 0 Å². The maximum absolute atomic E-state index is 12.9. The first-order valence-corrected chi connectivity index (χ1v) is 13.3. The summed E-state index contributed by atoms with van der Waals surface area (Å²) in [6, 6.07) is 23.7. The largest absolute Gasteiger partial charge is 0.457 e. The van der Waals surface area contributed by atoms with Crippen LogP contribution in [0.2, 0.25) is 0 Å². The molecule has 0 aliphatic carbocycles. The summed E-state index contributed by atoms with van der Waals surface area (Å²) in [6.45, 7) is 5.94. The van der Waals surface area contributed by atoms with Gasteiger partial charge in [-0.3, -0.25) is 4.72 Å². The molecular weight excluding hydrogens is 502 g/mol. The number of hydrogen-bond acceptors (Lipinski definition) is 7. The number of aromatic nitrogens is 4. The molecule has 0 atom stereocenters. The summed E-state index contributed by atoms with van der Waals surface area (Å²) in [5.74, 6) is 2.63. The maximum atomic E-state index is 12.9. The van der Waals surface area contributed by atoms with E-state index in [1.54, 1.807) is 47.1 Å². The second kappa shape index (κ2) is 10.3. The highest BCUT2D eigenvalue weighted by molar-refractivity contribution is 7.92. The second-order valence-corrected chi connectivity index (χ2v) is 10.2. The molecule has 0 saturated carbocycles. The van der Waals surface area contributed by atoms with Crippen molar-refractivity contribution in [2.45, 2.75) is 25.7 Å². The molecule has 5 rings (SSSR count). The van der Waals surface area contributed by atoms with Crippen LogP contribution < -0.4 is 14.2 Å². The van der Waals surface area contributed by atoms with Crippen LogP contribution in [0.4, 0.5) is 5.69 Å². The molecule has 2 aromatic heterocycles. The number of sulfonamides is 1. The highest BCUT2D eigenvalue weighted by Crippen LogP contribution is 2.26. The van der Waals surface area contributed by atoms with E-state index in [0.29, 0.717) is 34.6 Å². The zero-order valence-electron chi connectivity index (χ0n) is 21.0. The van der Waals surface area contributed by atoms with Crippen LogP contribution in [-0.4, -0.2) is 28.2 Å². The van der Waals surface area contributed by atoms with Gasteiger partial charge in [0.25, 0.3) is 10.0 Å². The number of ether oxygens (including phenoxy) is 2. The van der Waals surface area contributed by atoms with Crippen molar-refractivity contribution in [3.8, 4) is 28.9 Å². The number of nitrogens with zero attached hydrogens (tertiary/aromatic N) is 4. The van der Waals surface area contributed by atoms with E-state index in [-0.39, 0.29) is 4.90 Å². The van der Waals surface area contributed by atoms with Crippen molar-refractivity contribution in [3.63, 3.8) is 0 Å². The molecule has 1 N–H and O–H groups in total. The quantitative estimate of drug-likeness (QED) is 0.265. The maximum Gasteiger partial charge on any atom is 0.261 e. The van der Waals surface area contributed by atoms with Gasteiger partial charge in [-0.25, -0.2) is 23.1 Å². The van der Waals surface area contributed by atoms with Crippen LogP contribution in [0.3, 0.4) is 0 Å². The molecule has 3 aromatic carbocycles.